The second-order valence-electron chi connectivity index (χ2n) is 3.52. The first kappa shape index (κ1) is 13.4. The van der Waals surface area contributed by atoms with E-state index in [0.717, 1.165) is 12.3 Å². The molecule has 0 spiro atoms. The zero-order valence-corrected chi connectivity index (χ0v) is 10.1. The summed E-state index contributed by atoms with van der Waals surface area (Å²) in [5, 5.41) is 8.84. The van der Waals surface area contributed by atoms with Crippen LogP contribution in [-0.2, 0) is 14.8 Å². The molecule has 0 radical (unpaired) electrons. The van der Waals surface area contributed by atoms with E-state index in [4.69, 9.17) is 5.11 Å². The Balaban J connectivity index is 3.36. The SMILES string of the molecule is C[C@@H](C(=O)O)N(c1ccccc1F)S(C)(=O)=O. The van der Waals surface area contributed by atoms with Crippen molar-refractivity contribution >= 4 is 21.7 Å². The highest BCUT2D eigenvalue weighted by atomic mass is 32.2. The van der Waals surface area contributed by atoms with Gasteiger partial charge in [0, 0.05) is 0 Å². The lowest BCUT2D eigenvalue weighted by Crippen LogP contribution is -2.43. The summed E-state index contributed by atoms with van der Waals surface area (Å²) >= 11 is 0. The smallest absolute Gasteiger partial charge is 0.327 e. The van der Waals surface area contributed by atoms with Crippen molar-refractivity contribution in [2.24, 2.45) is 0 Å². The zero-order valence-electron chi connectivity index (χ0n) is 9.29. The van der Waals surface area contributed by atoms with Crippen molar-refractivity contribution in [1.82, 2.24) is 0 Å². The summed E-state index contributed by atoms with van der Waals surface area (Å²) in [7, 11) is -3.87. The molecule has 7 heteroatoms. The molecule has 1 aromatic carbocycles. The molecule has 0 aromatic heterocycles. The van der Waals surface area contributed by atoms with Gasteiger partial charge in [0.05, 0.1) is 11.9 Å². The molecule has 17 heavy (non-hydrogen) atoms. The van der Waals surface area contributed by atoms with Crippen LogP contribution in [0, 0.1) is 5.82 Å². The van der Waals surface area contributed by atoms with Crippen molar-refractivity contribution in [1.29, 1.82) is 0 Å². The molecule has 0 aliphatic rings. The van der Waals surface area contributed by atoms with Gasteiger partial charge in [0.1, 0.15) is 11.9 Å². The third kappa shape index (κ3) is 2.94. The zero-order chi connectivity index (χ0) is 13.2. The summed E-state index contributed by atoms with van der Waals surface area (Å²) in [6.07, 6.45) is 0.832. The van der Waals surface area contributed by atoms with Gasteiger partial charge in [-0.3, -0.25) is 4.31 Å². The second kappa shape index (κ2) is 4.70. The molecule has 94 valence electrons. The fourth-order valence-electron chi connectivity index (χ4n) is 1.41. The summed E-state index contributed by atoms with van der Waals surface area (Å²) in [4.78, 5) is 10.8. The highest BCUT2D eigenvalue weighted by Gasteiger charge is 2.30. The number of halogens is 1. The normalized spacial score (nSPS) is 13.1. The van der Waals surface area contributed by atoms with Gasteiger partial charge in [-0.2, -0.15) is 0 Å². The van der Waals surface area contributed by atoms with Crippen LogP contribution in [0.3, 0.4) is 0 Å². The highest BCUT2D eigenvalue weighted by Crippen LogP contribution is 2.23. The third-order valence-corrected chi connectivity index (χ3v) is 3.38. The molecule has 0 heterocycles. The summed E-state index contributed by atoms with van der Waals surface area (Å²) in [5.41, 5.74) is -0.273. The number of carbonyl (C=O) groups is 1. The van der Waals surface area contributed by atoms with E-state index in [2.05, 4.69) is 0 Å². The minimum absolute atomic E-state index is 0.273. The van der Waals surface area contributed by atoms with Crippen molar-refractivity contribution in [2.75, 3.05) is 10.6 Å². The first-order valence-corrected chi connectivity index (χ1v) is 6.56. The Labute approximate surface area is 98.5 Å². The maximum absolute atomic E-state index is 13.5. The van der Waals surface area contributed by atoms with Gasteiger partial charge in [-0.05, 0) is 19.1 Å². The third-order valence-electron chi connectivity index (χ3n) is 2.16. The lowest BCUT2D eigenvalue weighted by Gasteiger charge is -2.26. The minimum Gasteiger partial charge on any atom is -0.480 e. The van der Waals surface area contributed by atoms with Crippen LogP contribution in [0.1, 0.15) is 6.92 Å². The number of hydrogen-bond donors (Lipinski definition) is 1. The number of rotatable bonds is 4. The Morgan fingerprint density at radius 1 is 1.41 bits per heavy atom. The van der Waals surface area contributed by atoms with Gasteiger partial charge in [0.15, 0.2) is 0 Å². The van der Waals surface area contributed by atoms with Crippen molar-refractivity contribution in [3.8, 4) is 0 Å². The molecular weight excluding hydrogens is 249 g/mol. The number of carboxylic acids is 1. The van der Waals surface area contributed by atoms with Crippen molar-refractivity contribution in [3.63, 3.8) is 0 Å². The van der Waals surface area contributed by atoms with Gasteiger partial charge in [-0.1, -0.05) is 12.1 Å². The molecule has 0 aliphatic carbocycles. The second-order valence-corrected chi connectivity index (χ2v) is 5.38. The van der Waals surface area contributed by atoms with Gasteiger partial charge < -0.3 is 5.11 Å². The topological polar surface area (TPSA) is 74.7 Å². The first-order valence-electron chi connectivity index (χ1n) is 4.72. The summed E-state index contributed by atoms with van der Waals surface area (Å²) < 4.78 is 37.1. The van der Waals surface area contributed by atoms with Gasteiger partial charge in [-0.25, -0.2) is 17.6 Å². The molecule has 0 amide bonds. The van der Waals surface area contributed by atoms with E-state index < -0.39 is 27.9 Å². The molecule has 0 saturated heterocycles. The molecule has 1 N–H and O–H groups in total. The maximum Gasteiger partial charge on any atom is 0.327 e. The van der Waals surface area contributed by atoms with Gasteiger partial charge in [0.2, 0.25) is 10.0 Å². The highest BCUT2D eigenvalue weighted by molar-refractivity contribution is 7.92. The lowest BCUT2D eigenvalue weighted by atomic mass is 10.2. The van der Waals surface area contributed by atoms with E-state index in [1.165, 1.54) is 25.1 Å². The van der Waals surface area contributed by atoms with Crippen LogP contribution < -0.4 is 4.31 Å². The summed E-state index contributed by atoms with van der Waals surface area (Å²) in [6, 6.07) is 3.75. The van der Waals surface area contributed by atoms with Crippen LogP contribution in [0.2, 0.25) is 0 Å². The molecule has 0 bridgehead atoms. The van der Waals surface area contributed by atoms with E-state index >= 15 is 0 Å². The van der Waals surface area contributed by atoms with E-state index in [1.54, 1.807) is 0 Å². The number of sulfonamides is 1. The van der Waals surface area contributed by atoms with Crippen LogP contribution in [0.25, 0.3) is 0 Å². The van der Waals surface area contributed by atoms with E-state index in [-0.39, 0.29) is 5.69 Å². The number of hydrogen-bond acceptors (Lipinski definition) is 3. The average molecular weight is 261 g/mol. The maximum atomic E-state index is 13.5. The minimum atomic E-state index is -3.87. The Morgan fingerprint density at radius 2 is 1.94 bits per heavy atom. The Kier molecular flexibility index (Phi) is 3.72. The van der Waals surface area contributed by atoms with Crippen LogP contribution >= 0.6 is 0 Å². The largest absolute Gasteiger partial charge is 0.480 e. The standard InChI is InChI=1S/C10H12FNO4S/c1-7(10(13)14)12(17(2,15)16)9-6-4-3-5-8(9)11/h3-7H,1-2H3,(H,13,14)/t7-/m0/s1. The Bertz CT molecular complexity index is 529. The number of anilines is 1. The van der Waals surface area contributed by atoms with Gasteiger partial charge >= 0.3 is 5.97 Å². The predicted octanol–water partition coefficient (Wildman–Crippen LogP) is 1.06. The fraction of sp³-hybridized carbons (Fsp3) is 0.300. The number of aliphatic carboxylic acids is 1. The van der Waals surface area contributed by atoms with Gasteiger partial charge in [0.25, 0.3) is 0 Å². The van der Waals surface area contributed by atoms with Crippen molar-refractivity contribution < 1.29 is 22.7 Å². The number of carboxylic acid groups (broad SMARTS) is 1. The van der Waals surface area contributed by atoms with E-state index in [0.29, 0.717) is 4.31 Å². The average Bonchev–Trinajstić information content (AvgIpc) is 2.19. The number of benzene rings is 1. The first-order chi connectivity index (χ1) is 7.75. The fourth-order valence-corrected chi connectivity index (χ4v) is 2.58. The summed E-state index contributed by atoms with van der Waals surface area (Å²) in [6.45, 7) is 1.18. The monoisotopic (exact) mass is 261 g/mol. The predicted molar refractivity (Wildman–Crippen MR) is 60.8 cm³/mol. The quantitative estimate of drug-likeness (QED) is 0.879. The lowest BCUT2D eigenvalue weighted by molar-refractivity contribution is -0.137. The molecule has 0 saturated carbocycles. The van der Waals surface area contributed by atoms with E-state index in [1.807, 2.05) is 0 Å². The van der Waals surface area contributed by atoms with Crippen molar-refractivity contribution in [3.05, 3.63) is 30.1 Å². The van der Waals surface area contributed by atoms with E-state index in [9.17, 15) is 17.6 Å². The molecular formula is C10H12FNO4S. The molecule has 0 aliphatic heterocycles. The molecule has 1 aromatic rings. The Hall–Kier alpha value is -1.63. The summed E-state index contributed by atoms with van der Waals surface area (Å²) in [5.74, 6) is -2.13. The molecule has 5 nitrogen and oxygen atoms in total. The van der Waals surface area contributed by atoms with Crippen molar-refractivity contribution in [2.45, 2.75) is 13.0 Å². The molecule has 1 atom stereocenters. The van der Waals surface area contributed by atoms with Gasteiger partial charge in [-0.15, -0.1) is 0 Å². The van der Waals surface area contributed by atoms with Crippen LogP contribution in [-0.4, -0.2) is 31.8 Å². The molecule has 0 fully saturated rings. The number of para-hydroxylation sites is 1. The molecule has 0 unspecified atom stereocenters. The van der Waals surface area contributed by atoms with Crippen LogP contribution in [0.15, 0.2) is 24.3 Å². The van der Waals surface area contributed by atoms with Crippen LogP contribution in [0.5, 0.6) is 0 Å². The van der Waals surface area contributed by atoms with Crippen LogP contribution in [0.4, 0.5) is 10.1 Å². The number of nitrogens with zero attached hydrogens (tertiary/aromatic N) is 1. The Morgan fingerprint density at radius 3 is 2.35 bits per heavy atom. The molecule has 1 rings (SSSR count).